The number of aromatic nitrogens is 3. The zero-order valence-corrected chi connectivity index (χ0v) is 14.2. The van der Waals surface area contributed by atoms with Gasteiger partial charge in [-0.2, -0.15) is 0 Å². The third kappa shape index (κ3) is 4.25. The highest BCUT2D eigenvalue weighted by Gasteiger charge is 2.16. The van der Waals surface area contributed by atoms with Crippen molar-refractivity contribution < 1.29 is 14.3 Å². The minimum Gasteiger partial charge on any atom is -0.496 e. The fraction of sp³-hybridized carbons (Fsp3) is 0.333. The Hall–Kier alpha value is -2.55. The standard InChI is InChI=1S/C15H18N4O4S/c1-3-8-19-14(22)17-18-15(19)24-9-12(20)16-13(21)10-6-4-5-7-11(10)23-2/h4-7H,3,8-9H2,1-2H3,(H,17,22)(H,16,20,21). The van der Waals surface area contributed by atoms with Crippen LogP contribution in [0.15, 0.2) is 34.2 Å². The number of benzene rings is 1. The summed E-state index contributed by atoms with van der Waals surface area (Å²) in [5.74, 6) is -0.658. The maximum Gasteiger partial charge on any atom is 0.343 e. The number of rotatable bonds is 7. The molecule has 24 heavy (non-hydrogen) atoms. The first kappa shape index (κ1) is 17.8. The van der Waals surface area contributed by atoms with Gasteiger partial charge in [-0.25, -0.2) is 9.89 Å². The Bertz CT molecular complexity index is 784. The van der Waals surface area contributed by atoms with Crippen LogP contribution < -0.4 is 15.7 Å². The van der Waals surface area contributed by atoms with Crippen molar-refractivity contribution >= 4 is 23.6 Å². The maximum absolute atomic E-state index is 12.1. The van der Waals surface area contributed by atoms with Crippen LogP contribution in [-0.4, -0.2) is 39.4 Å². The molecule has 128 valence electrons. The topological polar surface area (TPSA) is 106 Å². The van der Waals surface area contributed by atoms with Gasteiger partial charge < -0.3 is 4.74 Å². The van der Waals surface area contributed by atoms with E-state index >= 15 is 0 Å². The van der Waals surface area contributed by atoms with Crippen molar-refractivity contribution in [2.24, 2.45) is 0 Å². The smallest absolute Gasteiger partial charge is 0.343 e. The van der Waals surface area contributed by atoms with Crippen LogP contribution in [0.1, 0.15) is 23.7 Å². The van der Waals surface area contributed by atoms with Crippen molar-refractivity contribution in [2.45, 2.75) is 25.0 Å². The van der Waals surface area contributed by atoms with Gasteiger partial charge in [-0.1, -0.05) is 30.8 Å². The quantitative estimate of drug-likeness (QED) is 0.723. The molecular formula is C15H18N4O4S. The van der Waals surface area contributed by atoms with Crippen molar-refractivity contribution in [3.8, 4) is 5.75 Å². The number of carbonyl (C=O) groups is 2. The lowest BCUT2D eigenvalue weighted by atomic mass is 10.2. The number of H-pyrrole nitrogens is 1. The van der Waals surface area contributed by atoms with E-state index in [1.165, 1.54) is 11.7 Å². The lowest BCUT2D eigenvalue weighted by molar-refractivity contribution is -0.117. The van der Waals surface area contributed by atoms with Crippen LogP contribution in [0.25, 0.3) is 0 Å². The van der Waals surface area contributed by atoms with Gasteiger partial charge in [0, 0.05) is 6.54 Å². The summed E-state index contributed by atoms with van der Waals surface area (Å²) in [5, 5.41) is 8.94. The number of carbonyl (C=O) groups excluding carboxylic acids is 2. The fourth-order valence-electron chi connectivity index (χ4n) is 2.03. The summed E-state index contributed by atoms with van der Waals surface area (Å²) < 4.78 is 6.55. The lowest BCUT2D eigenvalue weighted by Gasteiger charge is -2.08. The number of amides is 2. The van der Waals surface area contributed by atoms with Crippen LogP contribution in [0, 0.1) is 0 Å². The Morgan fingerprint density at radius 3 is 2.83 bits per heavy atom. The van der Waals surface area contributed by atoms with Crippen molar-refractivity contribution in [3.05, 3.63) is 40.3 Å². The second-order valence-electron chi connectivity index (χ2n) is 4.83. The van der Waals surface area contributed by atoms with Crippen LogP contribution in [0.2, 0.25) is 0 Å². The Balaban J connectivity index is 1.96. The molecule has 0 unspecified atom stereocenters. The predicted molar refractivity (Wildman–Crippen MR) is 89.3 cm³/mol. The number of imide groups is 1. The highest BCUT2D eigenvalue weighted by atomic mass is 32.2. The van der Waals surface area contributed by atoms with E-state index in [1.54, 1.807) is 24.3 Å². The first-order valence-corrected chi connectivity index (χ1v) is 8.30. The van der Waals surface area contributed by atoms with Gasteiger partial charge >= 0.3 is 5.69 Å². The summed E-state index contributed by atoms with van der Waals surface area (Å²) in [6, 6.07) is 6.63. The molecule has 0 atom stereocenters. The third-order valence-electron chi connectivity index (χ3n) is 3.11. The van der Waals surface area contributed by atoms with Gasteiger partial charge in [0.25, 0.3) is 5.91 Å². The molecule has 0 fully saturated rings. The molecule has 0 aliphatic carbocycles. The molecule has 1 aromatic heterocycles. The van der Waals surface area contributed by atoms with Crippen LogP contribution in [-0.2, 0) is 11.3 Å². The number of thioether (sulfide) groups is 1. The van der Waals surface area contributed by atoms with Crippen molar-refractivity contribution in [1.29, 1.82) is 0 Å². The molecule has 0 bridgehead atoms. The van der Waals surface area contributed by atoms with E-state index in [9.17, 15) is 14.4 Å². The number of nitrogens with zero attached hydrogens (tertiary/aromatic N) is 2. The predicted octanol–water partition coefficient (Wildman–Crippen LogP) is 1.04. The summed E-state index contributed by atoms with van der Waals surface area (Å²) in [7, 11) is 1.45. The molecule has 2 aromatic rings. The van der Waals surface area contributed by atoms with Crippen molar-refractivity contribution in [2.75, 3.05) is 12.9 Å². The van der Waals surface area contributed by atoms with E-state index in [4.69, 9.17) is 4.74 Å². The van der Waals surface area contributed by atoms with Crippen LogP contribution in [0.4, 0.5) is 0 Å². The molecule has 2 N–H and O–H groups in total. The number of hydrogen-bond acceptors (Lipinski definition) is 6. The van der Waals surface area contributed by atoms with E-state index in [-0.39, 0.29) is 17.0 Å². The van der Waals surface area contributed by atoms with E-state index in [0.717, 1.165) is 18.2 Å². The first-order valence-electron chi connectivity index (χ1n) is 7.32. The molecule has 8 nitrogen and oxygen atoms in total. The highest BCUT2D eigenvalue weighted by Crippen LogP contribution is 2.17. The number of aromatic amines is 1. The highest BCUT2D eigenvalue weighted by molar-refractivity contribution is 7.99. The van der Waals surface area contributed by atoms with E-state index in [1.807, 2.05) is 6.92 Å². The Labute approximate surface area is 142 Å². The number of methoxy groups -OCH3 is 1. The third-order valence-corrected chi connectivity index (χ3v) is 4.08. The zero-order valence-electron chi connectivity index (χ0n) is 13.4. The number of nitrogens with one attached hydrogen (secondary N) is 2. The molecule has 2 amide bonds. The van der Waals surface area contributed by atoms with Gasteiger partial charge in [0.2, 0.25) is 5.91 Å². The summed E-state index contributed by atoms with van der Waals surface area (Å²) in [4.78, 5) is 35.6. The molecule has 1 heterocycles. The van der Waals surface area contributed by atoms with Crippen molar-refractivity contribution in [1.82, 2.24) is 20.1 Å². The SMILES string of the molecule is CCCn1c(SCC(=O)NC(=O)c2ccccc2OC)n[nH]c1=O. The van der Waals surface area contributed by atoms with Gasteiger partial charge in [0.05, 0.1) is 18.4 Å². The van der Waals surface area contributed by atoms with Crippen LogP contribution in [0.3, 0.4) is 0 Å². The molecule has 9 heteroatoms. The number of para-hydroxylation sites is 1. The Morgan fingerprint density at radius 2 is 2.12 bits per heavy atom. The molecule has 0 radical (unpaired) electrons. The second-order valence-corrected chi connectivity index (χ2v) is 5.77. The maximum atomic E-state index is 12.1. The molecular weight excluding hydrogens is 332 g/mol. The number of hydrogen-bond donors (Lipinski definition) is 2. The Kier molecular flexibility index (Phi) is 6.19. The van der Waals surface area contributed by atoms with Gasteiger partial charge in [-0.15, -0.1) is 5.10 Å². The van der Waals surface area contributed by atoms with Gasteiger partial charge in [0.15, 0.2) is 5.16 Å². The normalized spacial score (nSPS) is 10.4. The van der Waals surface area contributed by atoms with E-state index in [2.05, 4.69) is 15.5 Å². The summed E-state index contributed by atoms with van der Waals surface area (Å²) >= 11 is 1.09. The van der Waals surface area contributed by atoms with Crippen LogP contribution in [0.5, 0.6) is 5.75 Å². The average molecular weight is 350 g/mol. The number of ether oxygens (including phenoxy) is 1. The lowest BCUT2D eigenvalue weighted by Crippen LogP contribution is -2.32. The van der Waals surface area contributed by atoms with E-state index < -0.39 is 11.8 Å². The first-order chi connectivity index (χ1) is 11.6. The van der Waals surface area contributed by atoms with Gasteiger partial charge in [0.1, 0.15) is 5.75 Å². The largest absolute Gasteiger partial charge is 0.496 e. The summed E-state index contributed by atoms with van der Waals surface area (Å²) in [5.41, 5.74) is -0.0362. The minimum absolute atomic E-state index is 0.0328. The zero-order chi connectivity index (χ0) is 17.5. The second kappa shape index (κ2) is 8.34. The molecule has 0 saturated carbocycles. The molecule has 2 rings (SSSR count). The Morgan fingerprint density at radius 1 is 1.38 bits per heavy atom. The fourth-order valence-corrected chi connectivity index (χ4v) is 2.80. The summed E-state index contributed by atoms with van der Waals surface area (Å²) in [6.07, 6.45) is 0.769. The van der Waals surface area contributed by atoms with E-state index in [0.29, 0.717) is 17.5 Å². The van der Waals surface area contributed by atoms with Gasteiger partial charge in [-0.3, -0.25) is 19.5 Å². The molecule has 1 aromatic carbocycles. The molecule has 0 spiro atoms. The minimum atomic E-state index is -0.536. The van der Waals surface area contributed by atoms with Crippen LogP contribution >= 0.6 is 11.8 Å². The monoisotopic (exact) mass is 350 g/mol. The average Bonchev–Trinajstić information content (AvgIpc) is 2.93. The molecule has 0 aliphatic rings. The van der Waals surface area contributed by atoms with Crippen molar-refractivity contribution in [3.63, 3.8) is 0 Å². The molecule has 0 saturated heterocycles. The molecule has 0 aliphatic heterocycles. The summed E-state index contributed by atoms with van der Waals surface area (Å²) in [6.45, 7) is 2.45. The van der Waals surface area contributed by atoms with Gasteiger partial charge in [-0.05, 0) is 18.6 Å².